The van der Waals surface area contributed by atoms with Crippen molar-refractivity contribution >= 4 is 29.2 Å². The van der Waals surface area contributed by atoms with Crippen LogP contribution in [0, 0.1) is 0 Å². The summed E-state index contributed by atoms with van der Waals surface area (Å²) in [4.78, 5) is 13.7. The van der Waals surface area contributed by atoms with Gasteiger partial charge in [-0.05, 0) is 6.07 Å². The van der Waals surface area contributed by atoms with Gasteiger partial charge in [-0.15, -0.1) is 0 Å². The maximum Gasteiger partial charge on any atom is 0.337 e. The summed E-state index contributed by atoms with van der Waals surface area (Å²) in [6.45, 7) is 0. The Balaban J connectivity index is 3.39. The van der Waals surface area contributed by atoms with Gasteiger partial charge in [-0.2, -0.15) is 0 Å². The van der Waals surface area contributed by atoms with Gasteiger partial charge in [0.15, 0.2) is 0 Å². The lowest BCUT2D eigenvalue weighted by Crippen LogP contribution is -2.05. The van der Waals surface area contributed by atoms with E-state index in [1.807, 2.05) is 0 Å². The Morgan fingerprint density at radius 3 is 2.50 bits per heavy atom. The van der Waals surface area contributed by atoms with E-state index in [2.05, 4.69) is 4.98 Å². The standard InChI is InChI=1S/C7H3Cl2F2NO2/c8-3-1-2(7(13)14)4(6(10)11)12-5(3)9/h1,6H,(H,13,14). The van der Waals surface area contributed by atoms with Crippen molar-refractivity contribution in [3.05, 3.63) is 27.5 Å². The molecular formula is C7H3Cl2F2NO2. The number of aromatic carboxylic acids is 1. The lowest BCUT2D eigenvalue weighted by Gasteiger charge is -2.05. The van der Waals surface area contributed by atoms with E-state index in [4.69, 9.17) is 28.3 Å². The highest BCUT2D eigenvalue weighted by Crippen LogP contribution is 2.28. The van der Waals surface area contributed by atoms with Gasteiger partial charge in [0.25, 0.3) is 6.43 Å². The Bertz CT molecular complexity index is 384. The summed E-state index contributed by atoms with van der Waals surface area (Å²) in [5.74, 6) is -1.52. The molecule has 0 aliphatic carbocycles. The number of alkyl halides is 2. The van der Waals surface area contributed by atoms with Crippen molar-refractivity contribution in [2.24, 2.45) is 0 Å². The van der Waals surface area contributed by atoms with Crippen LogP contribution in [0.15, 0.2) is 6.07 Å². The first-order chi connectivity index (χ1) is 6.43. The third-order valence-corrected chi connectivity index (χ3v) is 2.07. The first kappa shape index (κ1) is 11.1. The second kappa shape index (κ2) is 4.06. The van der Waals surface area contributed by atoms with Gasteiger partial charge < -0.3 is 5.11 Å². The molecule has 1 rings (SSSR count). The average molecular weight is 242 g/mol. The summed E-state index contributed by atoms with van der Waals surface area (Å²) in [7, 11) is 0. The van der Waals surface area contributed by atoms with E-state index in [0.29, 0.717) is 0 Å². The third kappa shape index (κ3) is 2.10. The molecule has 0 amide bonds. The molecule has 0 saturated carbocycles. The van der Waals surface area contributed by atoms with E-state index < -0.39 is 23.7 Å². The molecule has 0 spiro atoms. The highest BCUT2D eigenvalue weighted by molar-refractivity contribution is 6.41. The normalized spacial score (nSPS) is 10.6. The van der Waals surface area contributed by atoms with Crippen LogP contribution in [0.2, 0.25) is 10.2 Å². The molecule has 1 aromatic rings. The minimum absolute atomic E-state index is 0.173. The first-order valence-corrected chi connectivity index (χ1v) is 4.06. The monoisotopic (exact) mass is 241 g/mol. The molecule has 0 aliphatic rings. The molecule has 76 valence electrons. The van der Waals surface area contributed by atoms with Crippen LogP contribution in [-0.4, -0.2) is 16.1 Å². The summed E-state index contributed by atoms with van der Waals surface area (Å²) in [6.07, 6.45) is -3.00. The number of nitrogens with zero attached hydrogens (tertiary/aromatic N) is 1. The predicted molar refractivity (Wildman–Crippen MR) is 46.2 cm³/mol. The molecule has 1 N–H and O–H groups in total. The second-order valence-electron chi connectivity index (χ2n) is 2.30. The largest absolute Gasteiger partial charge is 0.478 e. The van der Waals surface area contributed by atoms with Gasteiger partial charge in [0.05, 0.1) is 10.6 Å². The highest BCUT2D eigenvalue weighted by atomic mass is 35.5. The summed E-state index contributed by atoms with van der Waals surface area (Å²) in [5.41, 5.74) is -1.53. The predicted octanol–water partition coefficient (Wildman–Crippen LogP) is 3.02. The van der Waals surface area contributed by atoms with Crippen molar-refractivity contribution < 1.29 is 18.7 Å². The number of pyridine rings is 1. The fraction of sp³-hybridized carbons (Fsp3) is 0.143. The molecule has 1 aromatic heterocycles. The van der Waals surface area contributed by atoms with Crippen LogP contribution in [0.3, 0.4) is 0 Å². The molecular weight excluding hydrogens is 239 g/mol. The van der Waals surface area contributed by atoms with Crippen LogP contribution >= 0.6 is 23.2 Å². The minimum Gasteiger partial charge on any atom is -0.478 e. The van der Waals surface area contributed by atoms with Crippen LogP contribution in [0.25, 0.3) is 0 Å². The van der Waals surface area contributed by atoms with Crippen LogP contribution in [0.4, 0.5) is 8.78 Å². The van der Waals surface area contributed by atoms with E-state index in [0.717, 1.165) is 6.07 Å². The van der Waals surface area contributed by atoms with Crippen LogP contribution in [0.1, 0.15) is 22.5 Å². The summed E-state index contributed by atoms with van der Waals surface area (Å²) >= 11 is 10.8. The van der Waals surface area contributed by atoms with E-state index >= 15 is 0 Å². The fourth-order valence-corrected chi connectivity index (χ4v) is 1.11. The molecule has 1 heterocycles. The quantitative estimate of drug-likeness (QED) is 0.810. The lowest BCUT2D eigenvalue weighted by atomic mass is 10.2. The topological polar surface area (TPSA) is 50.2 Å². The molecule has 0 bridgehead atoms. The van der Waals surface area contributed by atoms with Crippen molar-refractivity contribution in [3.8, 4) is 0 Å². The van der Waals surface area contributed by atoms with Crippen molar-refractivity contribution in [2.75, 3.05) is 0 Å². The number of rotatable bonds is 2. The van der Waals surface area contributed by atoms with E-state index in [1.165, 1.54) is 0 Å². The number of halogens is 4. The SMILES string of the molecule is O=C(O)c1cc(Cl)c(Cl)nc1C(F)F. The van der Waals surface area contributed by atoms with Crippen molar-refractivity contribution in [1.82, 2.24) is 4.98 Å². The van der Waals surface area contributed by atoms with Crippen molar-refractivity contribution in [1.29, 1.82) is 0 Å². The Morgan fingerprint density at radius 2 is 2.07 bits per heavy atom. The molecule has 7 heteroatoms. The van der Waals surface area contributed by atoms with E-state index in [-0.39, 0.29) is 10.2 Å². The molecule has 0 saturated heterocycles. The zero-order valence-electron chi connectivity index (χ0n) is 6.47. The smallest absolute Gasteiger partial charge is 0.337 e. The van der Waals surface area contributed by atoms with Gasteiger partial charge in [-0.1, -0.05) is 23.2 Å². The maximum atomic E-state index is 12.3. The molecule has 0 radical (unpaired) electrons. The zero-order chi connectivity index (χ0) is 10.9. The van der Waals surface area contributed by atoms with Crippen LogP contribution in [-0.2, 0) is 0 Å². The van der Waals surface area contributed by atoms with Gasteiger partial charge >= 0.3 is 5.97 Å². The summed E-state index contributed by atoms with van der Waals surface area (Å²) < 4.78 is 24.5. The number of hydrogen-bond donors (Lipinski definition) is 1. The van der Waals surface area contributed by atoms with Gasteiger partial charge in [0.2, 0.25) is 0 Å². The first-order valence-electron chi connectivity index (χ1n) is 3.31. The molecule has 0 aliphatic heterocycles. The second-order valence-corrected chi connectivity index (χ2v) is 3.06. The van der Waals surface area contributed by atoms with Crippen molar-refractivity contribution in [2.45, 2.75) is 6.43 Å². The Morgan fingerprint density at radius 1 is 1.50 bits per heavy atom. The van der Waals surface area contributed by atoms with E-state index in [9.17, 15) is 13.6 Å². The molecule has 0 aromatic carbocycles. The van der Waals surface area contributed by atoms with Crippen molar-refractivity contribution in [3.63, 3.8) is 0 Å². The highest BCUT2D eigenvalue weighted by Gasteiger charge is 2.21. The maximum absolute atomic E-state index is 12.3. The van der Waals surface area contributed by atoms with Gasteiger partial charge in [-0.25, -0.2) is 18.6 Å². The Kier molecular flexibility index (Phi) is 3.23. The van der Waals surface area contributed by atoms with Crippen LogP contribution < -0.4 is 0 Å². The third-order valence-electron chi connectivity index (χ3n) is 1.40. The number of carboxylic acid groups (broad SMARTS) is 1. The number of carboxylic acids is 1. The average Bonchev–Trinajstić information content (AvgIpc) is 2.08. The Labute approximate surface area is 87.3 Å². The van der Waals surface area contributed by atoms with Gasteiger partial charge in [0.1, 0.15) is 10.8 Å². The molecule has 0 atom stereocenters. The minimum atomic E-state index is -3.00. The number of hydrogen-bond acceptors (Lipinski definition) is 2. The van der Waals surface area contributed by atoms with Gasteiger partial charge in [-0.3, -0.25) is 0 Å². The molecule has 0 fully saturated rings. The van der Waals surface area contributed by atoms with Gasteiger partial charge in [0, 0.05) is 0 Å². The molecule has 3 nitrogen and oxygen atoms in total. The number of carbonyl (C=O) groups is 1. The molecule has 0 unspecified atom stereocenters. The summed E-state index contributed by atoms with van der Waals surface area (Å²) in [5, 5.41) is 8.04. The molecule has 14 heavy (non-hydrogen) atoms. The summed E-state index contributed by atoms with van der Waals surface area (Å²) in [6, 6.07) is 0.848. The van der Waals surface area contributed by atoms with Crippen LogP contribution in [0.5, 0.6) is 0 Å². The number of aromatic nitrogens is 1. The lowest BCUT2D eigenvalue weighted by molar-refractivity contribution is 0.0682. The zero-order valence-corrected chi connectivity index (χ0v) is 7.98. The van der Waals surface area contributed by atoms with E-state index in [1.54, 1.807) is 0 Å². The fourth-order valence-electron chi connectivity index (χ4n) is 0.817. The Hall–Kier alpha value is -0.940.